The number of carbonyl (C=O) groups excluding carboxylic acids is 3. The van der Waals surface area contributed by atoms with Crippen LogP contribution in [0, 0.1) is 0 Å². The molecule has 0 bridgehead atoms. The molecular formula is C26H23N5O3. The molecule has 0 aliphatic heterocycles. The van der Waals surface area contributed by atoms with Crippen LogP contribution in [0.1, 0.15) is 15.9 Å². The number of nitrogens with zero attached hydrogens (tertiary/aromatic N) is 3. The van der Waals surface area contributed by atoms with Crippen molar-refractivity contribution >= 4 is 17.6 Å². The Bertz CT molecular complexity index is 1300. The third-order valence-corrected chi connectivity index (χ3v) is 5.26. The number of benzene rings is 2. The Balaban J connectivity index is 1.61. The van der Waals surface area contributed by atoms with Gasteiger partial charge in [0, 0.05) is 31.4 Å². The number of hydrogen-bond acceptors (Lipinski definition) is 5. The van der Waals surface area contributed by atoms with Crippen molar-refractivity contribution in [3.8, 4) is 17.1 Å². The molecule has 0 radical (unpaired) electrons. The van der Waals surface area contributed by atoms with Gasteiger partial charge in [-0.05, 0) is 23.8 Å². The highest BCUT2D eigenvalue weighted by Gasteiger charge is 2.28. The second-order valence-corrected chi connectivity index (χ2v) is 7.55. The number of rotatable bonds is 8. The molecule has 0 fully saturated rings. The van der Waals surface area contributed by atoms with Crippen molar-refractivity contribution in [3.05, 3.63) is 102 Å². The fraction of sp³-hybridized carbons (Fsp3) is 0.115. The molecule has 1 unspecified atom stereocenters. The lowest BCUT2D eigenvalue weighted by atomic mass is 10.0. The molecule has 4 rings (SSSR count). The summed E-state index contributed by atoms with van der Waals surface area (Å²) in [6, 6.07) is 22.9. The minimum absolute atomic E-state index is 0.175. The molecule has 1 atom stereocenters. The molecule has 8 heteroatoms. The van der Waals surface area contributed by atoms with E-state index in [4.69, 9.17) is 0 Å². The minimum atomic E-state index is -1.04. The fourth-order valence-corrected chi connectivity index (χ4v) is 3.54. The number of likely N-dealkylation sites (N-methyl/N-ethyl adjacent to an activating group) is 1. The molecule has 2 aromatic heterocycles. The predicted molar refractivity (Wildman–Crippen MR) is 127 cm³/mol. The summed E-state index contributed by atoms with van der Waals surface area (Å²) in [5.41, 5.74) is 2.71. The zero-order valence-electron chi connectivity index (χ0n) is 18.5. The van der Waals surface area contributed by atoms with Crippen LogP contribution < -0.4 is 10.6 Å². The van der Waals surface area contributed by atoms with Gasteiger partial charge < -0.3 is 10.6 Å². The molecule has 0 aliphatic rings. The Hall–Kier alpha value is -4.59. The second-order valence-electron chi connectivity index (χ2n) is 7.55. The molecule has 2 amide bonds. The smallest absolute Gasteiger partial charge is 0.289 e. The monoisotopic (exact) mass is 453 g/mol. The molecule has 8 nitrogen and oxygen atoms in total. The topological polar surface area (TPSA) is 106 Å². The zero-order chi connectivity index (χ0) is 23.9. The molecule has 0 saturated carbocycles. The highest BCUT2D eigenvalue weighted by molar-refractivity contribution is 6.38. The van der Waals surface area contributed by atoms with Crippen molar-refractivity contribution in [2.75, 3.05) is 7.05 Å². The van der Waals surface area contributed by atoms with Crippen molar-refractivity contribution in [1.29, 1.82) is 0 Å². The predicted octanol–water partition coefficient (Wildman–Crippen LogP) is 2.59. The Morgan fingerprint density at radius 2 is 1.62 bits per heavy atom. The van der Waals surface area contributed by atoms with Crippen LogP contribution in [0.2, 0.25) is 0 Å². The average Bonchev–Trinajstić information content (AvgIpc) is 3.39. The molecule has 2 aromatic carbocycles. The van der Waals surface area contributed by atoms with Crippen LogP contribution in [0.3, 0.4) is 0 Å². The molecule has 2 heterocycles. The van der Waals surface area contributed by atoms with E-state index in [1.807, 2.05) is 66.7 Å². The number of aromatic nitrogens is 3. The van der Waals surface area contributed by atoms with E-state index in [1.165, 1.54) is 11.7 Å². The van der Waals surface area contributed by atoms with Crippen LogP contribution in [-0.2, 0) is 16.0 Å². The Morgan fingerprint density at radius 3 is 2.32 bits per heavy atom. The average molecular weight is 454 g/mol. The first kappa shape index (κ1) is 22.6. The molecule has 170 valence electrons. The molecule has 0 aliphatic carbocycles. The van der Waals surface area contributed by atoms with E-state index in [0.29, 0.717) is 5.82 Å². The van der Waals surface area contributed by atoms with Gasteiger partial charge in [0.2, 0.25) is 5.78 Å². The van der Waals surface area contributed by atoms with Crippen molar-refractivity contribution in [2.24, 2.45) is 0 Å². The highest BCUT2D eigenvalue weighted by atomic mass is 16.2. The largest absolute Gasteiger partial charge is 0.353 e. The van der Waals surface area contributed by atoms with Gasteiger partial charge in [-0.1, -0.05) is 60.7 Å². The number of ketones is 1. The van der Waals surface area contributed by atoms with E-state index in [1.54, 1.807) is 24.5 Å². The lowest BCUT2D eigenvalue weighted by Gasteiger charge is -2.18. The van der Waals surface area contributed by atoms with Crippen LogP contribution >= 0.6 is 0 Å². The lowest BCUT2D eigenvalue weighted by molar-refractivity contribution is -0.138. The van der Waals surface area contributed by atoms with E-state index in [2.05, 4.69) is 20.7 Å². The van der Waals surface area contributed by atoms with E-state index in [9.17, 15) is 14.4 Å². The summed E-state index contributed by atoms with van der Waals surface area (Å²) in [7, 11) is 1.38. The maximum Gasteiger partial charge on any atom is 0.289 e. The van der Waals surface area contributed by atoms with Gasteiger partial charge in [-0.25, -0.2) is 9.67 Å². The lowest BCUT2D eigenvalue weighted by Crippen LogP contribution is -2.48. The Kier molecular flexibility index (Phi) is 6.88. The summed E-state index contributed by atoms with van der Waals surface area (Å²) < 4.78 is 1.52. The first-order valence-electron chi connectivity index (χ1n) is 10.7. The van der Waals surface area contributed by atoms with E-state index >= 15 is 0 Å². The zero-order valence-corrected chi connectivity index (χ0v) is 18.5. The van der Waals surface area contributed by atoms with Crippen LogP contribution in [0.4, 0.5) is 0 Å². The molecule has 2 N–H and O–H groups in total. The van der Waals surface area contributed by atoms with Crippen LogP contribution in [0.5, 0.6) is 0 Å². The van der Waals surface area contributed by atoms with Gasteiger partial charge in [-0.2, -0.15) is 5.10 Å². The maximum absolute atomic E-state index is 13.3. The van der Waals surface area contributed by atoms with Crippen LogP contribution in [0.15, 0.2) is 91.3 Å². The van der Waals surface area contributed by atoms with Crippen molar-refractivity contribution in [1.82, 2.24) is 25.4 Å². The fourth-order valence-electron chi connectivity index (χ4n) is 3.54. The summed E-state index contributed by atoms with van der Waals surface area (Å²) in [5.74, 6) is -1.71. The number of Topliss-reactive ketones (excluding diaryl/α,β-unsaturated/α-hetero) is 1. The van der Waals surface area contributed by atoms with E-state index < -0.39 is 23.6 Å². The number of hydrogen-bond donors (Lipinski definition) is 2. The summed E-state index contributed by atoms with van der Waals surface area (Å²) in [4.78, 5) is 42.3. The normalized spacial score (nSPS) is 11.4. The van der Waals surface area contributed by atoms with Gasteiger partial charge in [0.15, 0.2) is 5.82 Å². The number of nitrogens with one attached hydrogen (secondary N) is 2. The molecular weight excluding hydrogens is 430 g/mol. The quantitative estimate of drug-likeness (QED) is 0.399. The third kappa shape index (κ3) is 5.07. The van der Waals surface area contributed by atoms with Crippen molar-refractivity contribution in [2.45, 2.75) is 12.5 Å². The summed E-state index contributed by atoms with van der Waals surface area (Å²) >= 11 is 0. The number of pyridine rings is 1. The SMILES string of the molecule is CNC(=O)C(=O)C(Cc1ccccc1)NC(=O)c1cccnc1-n1ccc(-c2ccccc2)n1. The van der Waals surface area contributed by atoms with Gasteiger partial charge in [-0.15, -0.1) is 0 Å². The first-order valence-corrected chi connectivity index (χ1v) is 10.7. The Morgan fingerprint density at radius 1 is 0.912 bits per heavy atom. The minimum Gasteiger partial charge on any atom is -0.353 e. The summed E-state index contributed by atoms with van der Waals surface area (Å²) in [6.07, 6.45) is 3.46. The van der Waals surface area contributed by atoms with Gasteiger partial charge in [0.25, 0.3) is 11.8 Å². The van der Waals surface area contributed by atoms with Crippen LogP contribution in [-0.4, -0.2) is 45.5 Å². The molecule has 0 spiro atoms. The first-order chi connectivity index (χ1) is 16.6. The van der Waals surface area contributed by atoms with E-state index in [-0.39, 0.29) is 12.0 Å². The molecule has 0 saturated heterocycles. The van der Waals surface area contributed by atoms with E-state index in [0.717, 1.165) is 16.8 Å². The summed E-state index contributed by atoms with van der Waals surface area (Å²) in [6.45, 7) is 0. The Labute approximate surface area is 196 Å². The third-order valence-electron chi connectivity index (χ3n) is 5.26. The maximum atomic E-state index is 13.3. The van der Waals surface area contributed by atoms with Gasteiger partial charge in [0.05, 0.1) is 11.3 Å². The molecule has 4 aromatic rings. The molecule has 34 heavy (non-hydrogen) atoms. The second kappa shape index (κ2) is 10.4. The highest BCUT2D eigenvalue weighted by Crippen LogP contribution is 2.19. The standard InChI is InChI=1S/C26H23N5O3/c1-27-26(34)23(32)22(17-18-9-4-2-5-10-18)29-25(33)20-13-8-15-28-24(20)31-16-14-21(30-31)19-11-6-3-7-12-19/h2-16,22H,17H2,1H3,(H,27,34)(H,29,33). The van der Waals surface area contributed by atoms with Gasteiger partial charge in [0.1, 0.15) is 6.04 Å². The number of amides is 2. The van der Waals surface area contributed by atoms with Gasteiger partial charge >= 0.3 is 0 Å². The van der Waals surface area contributed by atoms with Crippen molar-refractivity contribution < 1.29 is 14.4 Å². The number of carbonyl (C=O) groups is 3. The summed E-state index contributed by atoms with van der Waals surface area (Å²) in [5, 5.41) is 9.61. The van der Waals surface area contributed by atoms with Crippen LogP contribution in [0.25, 0.3) is 17.1 Å². The van der Waals surface area contributed by atoms with Crippen molar-refractivity contribution in [3.63, 3.8) is 0 Å². The van der Waals surface area contributed by atoms with Gasteiger partial charge in [-0.3, -0.25) is 14.4 Å².